The Morgan fingerprint density at radius 1 is 1.43 bits per heavy atom. The molecule has 1 aromatic rings. The number of nitrogens with one attached hydrogen (secondary N) is 2. The van der Waals surface area contributed by atoms with Crippen molar-refractivity contribution in [1.82, 2.24) is 10.6 Å². The van der Waals surface area contributed by atoms with Crippen molar-refractivity contribution in [3.63, 3.8) is 0 Å². The van der Waals surface area contributed by atoms with Crippen molar-refractivity contribution >= 4 is 11.6 Å². The first-order valence-electron chi connectivity index (χ1n) is 6.64. The Kier molecular flexibility index (Phi) is 4.79. The monoisotopic (exact) mass is 299 g/mol. The van der Waals surface area contributed by atoms with Crippen LogP contribution in [-0.2, 0) is 0 Å². The first-order chi connectivity index (χ1) is 9.99. The summed E-state index contributed by atoms with van der Waals surface area (Å²) in [6, 6.07) is 1.28. The second kappa shape index (κ2) is 6.57. The van der Waals surface area contributed by atoms with E-state index in [2.05, 4.69) is 10.6 Å². The maximum absolute atomic E-state index is 13.2. The number of hydrogen-bond acceptors (Lipinski definition) is 4. The number of carbonyl (C=O) groups excluding carboxylic acids is 1. The maximum Gasteiger partial charge on any atom is 0.285 e. The summed E-state index contributed by atoms with van der Waals surface area (Å²) in [6.45, 7) is 1.25. The number of carbonyl (C=O) groups is 1. The van der Waals surface area contributed by atoms with Crippen molar-refractivity contribution in [2.24, 2.45) is 0 Å². The largest absolute Gasteiger partial charge is 0.352 e. The van der Waals surface area contributed by atoms with Crippen molar-refractivity contribution < 1.29 is 18.5 Å². The van der Waals surface area contributed by atoms with Crippen molar-refractivity contribution in [2.75, 3.05) is 13.1 Å². The fourth-order valence-electron chi connectivity index (χ4n) is 2.33. The SMILES string of the molecule is O=C(NCCC1CCCN1)c1cc(F)c(F)cc1[N+](=O)[O-]. The first-order valence-corrected chi connectivity index (χ1v) is 6.64. The summed E-state index contributed by atoms with van der Waals surface area (Å²) in [7, 11) is 0. The highest BCUT2D eigenvalue weighted by molar-refractivity contribution is 5.98. The summed E-state index contributed by atoms with van der Waals surface area (Å²) in [5, 5.41) is 16.5. The normalized spacial score (nSPS) is 17.7. The summed E-state index contributed by atoms with van der Waals surface area (Å²) in [6.07, 6.45) is 2.78. The minimum Gasteiger partial charge on any atom is -0.352 e. The standard InChI is InChI=1S/C13H15F2N3O3/c14-10-6-9(12(18(20)21)7-11(10)15)13(19)17-5-3-8-2-1-4-16-8/h6-8,16H,1-5H2,(H,17,19). The van der Waals surface area contributed by atoms with Crippen LogP contribution in [0.5, 0.6) is 0 Å². The fraction of sp³-hybridized carbons (Fsp3) is 0.462. The Hall–Kier alpha value is -2.09. The molecule has 0 spiro atoms. The molecule has 0 saturated carbocycles. The van der Waals surface area contributed by atoms with E-state index < -0.39 is 33.7 Å². The lowest BCUT2D eigenvalue weighted by atomic mass is 10.1. The summed E-state index contributed by atoms with van der Waals surface area (Å²) in [5.74, 6) is -3.42. The minimum atomic E-state index is -1.35. The van der Waals surface area contributed by atoms with E-state index in [1.54, 1.807) is 0 Å². The molecule has 1 saturated heterocycles. The molecule has 1 aliphatic heterocycles. The van der Waals surface area contributed by atoms with E-state index in [9.17, 15) is 23.7 Å². The number of nitro groups is 1. The zero-order chi connectivity index (χ0) is 15.4. The van der Waals surface area contributed by atoms with Gasteiger partial charge >= 0.3 is 0 Å². The lowest BCUT2D eigenvalue weighted by Gasteiger charge is -2.11. The number of halogens is 2. The van der Waals surface area contributed by atoms with Gasteiger partial charge in [0.2, 0.25) is 0 Å². The van der Waals surface area contributed by atoms with E-state index in [-0.39, 0.29) is 0 Å². The van der Waals surface area contributed by atoms with Gasteiger partial charge in [0.1, 0.15) is 5.56 Å². The average Bonchev–Trinajstić information content (AvgIpc) is 2.94. The molecule has 0 bridgehead atoms. The molecule has 1 aromatic carbocycles. The molecule has 1 aliphatic rings. The number of nitrogens with zero attached hydrogens (tertiary/aromatic N) is 1. The van der Waals surface area contributed by atoms with Crippen LogP contribution in [0.4, 0.5) is 14.5 Å². The van der Waals surface area contributed by atoms with Gasteiger partial charge in [-0.05, 0) is 31.9 Å². The van der Waals surface area contributed by atoms with Gasteiger partial charge in [-0.15, -0.1) is 0 Å². The van der Waals surface area contributed by atoms with Gasteiger partial charge in [-0.3, -0.25) is 14.9 Å². The number of amides is 1. The minimum absolute atomic E-state index is 0.310. The van der Waals surface area contributed by atoms with Gasteiger partial charge < -0.3 is 10.6 Å². The summed E-state index contributed by atoms with van der Waals surface area (Å²) >= 11 is 0. The van der Waals surface area contributed by atoms with Crippen LogP contribution >= 0.6 is 0 Å². The van der Waals surface area contributed by atoms with E-state index in [0.717, 1.165) is 19.4 Å². The van der Waals surface area contributed by atoms with Crippen LogP contribution in [-0.4, -0.2) is 30.0 Å². The Balaban J connectivity index is 2.03. The van der Waals surface area contributed by atoms with Gasteiger partial charge in [0.05, 0.1) is 11.0 Å². The van der Waals surface area contributed by atoms with Gasteiger partial charge in [-0.2, -0.15) is 0 Å². The van der Waals surface area contributed by atoms with Gasteiger partial charge in [-0.1, -0.05) is 0 Å². The zero-order valence-electron chi connectivity index (χ0n) is 11.2. The lowest BCUT2D eigenvalue weighted by Crippen LogP contribution is -2.31. The molecule has 1 atom stereocenters. The highest BCUT2D eigenvalue weighted by Gasteiger charge is 2.24. The van der Waals surface area contributed by atoms with E-state index in [4.69, 9.17) is 0 Å². The summed E-state index contributed by atoms with van der Waals surface area (Å²) in [5.41, 5.74) is -1.22. The van der Waals surface area contributed by atoms with Crippen molar-refractivity contribution in [3.05, 3.63) is 39.4 Å². The van der Waals surface area contributed by atoms with E-state index in [1.165, 1.54) is 0 Å². The Morgan fingerprint density at radius 2 is 2.14 bits per heavy atom. The van der Waals surface area contributed by atoms with Gasteiger partial charge in [0, 0.05) is 12.6 Å². The molecule has 6 nitrogen and oxygen atoms in total. The van der Waals surface area contributed by atoms with Crippen LogP contribution in [0.2, 0.25) is 0 Å². The second-order valence-corrected chi connectivity index (χ2v) is 4.88. The number of nitro benzene ring substituents is 1. The Labute approximate surface area is 119 Å². The average molecular weight is 299 g/mol. The number of benzene rings is 1. The van der Waals surface area contributed by atoms with Crippen molar-refractivity contribution in [1.29, 1.82) is 0 Å². The van der Waals surface area contributed by atoms with Crippen LogP contribution in [0.3, 0.4) is 0 Å². The topological polar surface area (TPSA) is 84.3 Å². The molecule has 0 radical (unpaired) electrons. The van der Waals surface area contributed by atoms with Crippen LogP contribution < -0.4 is 10.6 Å². The first kappa shape index (κ1) is 15.3. The third-order valence-corrected chi connectivity index (χ3v) is 3.42. The molecular formula is C13H15F2N3O3. The lowest BCUT2D eigenvalue weighted by molar-refractivity contribution is -0.385. The Morgan fingerprint density at radius 3 is 2.76 bits per heavy atom. The zero-order valence-corrected chi connectivity index (χ0v) is 11.2. The fourth-order valence-corrected chi connectivity index (χ4v) is 2.33. The van der Waals surface area contributed by atoms with Gasteiger partial charge in [-0.25, -0.2) is 8.78 Å². The van der Waals surface area contributed by atoms with E-state index in [1.807, 2.05) is 0 Å². The predicted octanol–water partition coefficient (Wildman–Crippen LogP) is 1.74. The Bertz CT molecular complexity index is 560. The quantitative estimate of drug-likeness (QED) is 0.641. The number of rotatable bonds is 5. The molecule has 1 heterocycles. The molecule has 8 heteroatoms. The highest BCUT2D eigenvalue weighted by Crippen LogP contribution is 2.22. The van der Waals surface area contributed by atoms with Gasteiger partial charge in [0.15, 0.2) is 11.6 Å². The molecular weight excluding hydrogens is 284 g/mol. The third-order valence-electron chi connectivity index (χ3n) is 3.42. The van der Waals surface area contributed by atoms with Crippen LogP contribution in [0.1, 0.15) is 29.6 Å². The third kappa shape index (κ3) is 3.72. The highest BCUT2D eigenvalue weighted by atomic mass is 19.2. The van der Waals surface area contributed by atoms with Crippen LogP contribution in [0.25, 0.3) is 0 Å². The molecule has 1 unspecified atom stereocenters. The molecule has 1 fully saturated rings. The molecule has 0 aliphatic carbocycles. The number of hydrogen-bond donors (Lipinski definition) is 2. The molecule has 1 amide bonds. The van der Waals surface area contributed by atoms with Crippen LogP contribution in [0, 0.1) is 21.7 Å². The second-order valence-electron chi connectivity index (χ2n) is 4.88. The molecule has 2 N–H and O–H groups in total. The van der Waals surface area contributed by atoms with E-state index >= 15 is 0 Å². The smallest absolute Gasteiger partial charge is 0.285 e. The summed E-state index contributed by atoms with van der Waals surface area (Å²) < 4.78 is 26.2. The predicted molar refractivity (Wildman–Crippen MR) is 71.0 cm³/mol. The molecule has 2 rings (SSSR count). The van der Waals surface area contributed by atoms with Crippen molar-refractivity contribution in [2.45, 2.75) is 25.3 Å². The maximum atomic E-state index is 13.2. The van der Waals surface area contributed by atoms with Crippen molar-refractivity contribution in [3.8, 4) is 0 Å². The molecule has 21 heavy (non-hydrogen) atoms. The summed E-state index contributed by atoms with van der Waals surface area (Å²) in [4.78, 5) is 21.8. The molecule has 114 valence electrons. The van der Waals surface area contributed by atoms with Gasteiger partial charge in [0.25, 0.3) is 11.6 Å². The molecule has 0 aromatic heterocycles. The van der Waals surface area contributed by atoms with E-state index in [0.29, 0.717) is 31.1 Å². The van der Waals surface area contributed by atoms with Crippen LogP contribution in [0.15, 0.2) is 12.1 Å².